The number of anilines is 2. The Hall–Kier alpha value is -1.63. The van der Waals surface area contributed by atoms with Gasteiger partial charge in [0.1, 0.15) is 4.70 Å². The molecule has 0 spiro atoms. The number of benzene rings is 1. The number of hydrogen-bond donors (Lipinski definition) is 0. The topological polar surface area (TPSA) is 36.4 Å². The maximum absolute atomic E-state index is 12.2. The van der Waals surface area contributed by atoms with Crippen LogP contribution in [0.25, 0.3) is 10.2 Å². The van der Waals surface area contributed by atoms with E-state index in [2.05, 4.69) is 14.8 Å². The molecule has 3 aromatic rings. The highest BCUT2D eigenvalue weighted by Crippen LogP contribution is 2.25. The van der Waals surface area contributed by atoms with Gasteiger partial charge in [0.05, 0.1) is 5.52 Å². The van der Waals surface area contributed by atoms with Gasteiger partial charge in [-0.25, -0.2) is 4.98 Å². The molecule has 0 saturated carbocycles. The van der Waals surface area contributed by atoms with Crippen LogP contribution >= 0.6 is 34.3 Å². The zero-order valence-electron chi connectivity index (χ0n) is 12.2. The van der Waals surface area contributed by atoms with Crippen molar-refractivity contribution in [2.45, 2.75) is 0 Å². The van der Waals surface area contributed by atoms with Gasteiger partial charge in [-0.3, -0.25) is 4.79 Å². The van der Waals surface area contributed by atoms with Crippen LogP contribution < -0.4 is 14.5 Å². The Morgan fingerprint density at radius 3 is 2.43 bits per heavy atom. The summed E-state index contributed by atoms with van der Waals surface area (Å²) in [6.07, 6.45) is 0. The lowest BCUT2D eigenvalue weighted by Crippen LogP contribution is -2.46. The van der Waals surface area contributed by atoms with Gasteiger partial charge < -0.3 is 9.80 Å². The summed E-state index contributed by atoms with van der Waals surface area (Å²) in [5.41, 5.74) is 2.00. The molecule has 7 heteroatoms. The largest absolute Gasteiger partial charge is 0.368 e. The number of halogens is 1. The lowest BCUT2D eigenvalue weighted by Gasteiger charge is -2.36. The maximum Gasteiger partial charge on any atom is 0.255 e. The van der Waals surface area contributed by atoms with Crippen molar-refractivity contribution >= 4 is 55.3 Å². The first-order valence-corrected chi connectivity index (χ1v) is 9.42. The highest BCUT2D eigenvalue weighted by atomic mass is 35.5. The molecule has 0 radical (unpaired) electrons. The predicted molar refractivity (Wildman–Crippen MR) is 99.6 cm³/mol. The molecule has 0 unspecified atom stereocenters. The van der Waals surface area contributed by atoms with Gasteiger partial charge in [0, 0.05) is 36.9 Å². The van der Waals surface area contributed by atoms with Crippen LogP contribution in [-0.4, -0.2) is 31.2 Å². The molecule has 1 aromatic carbocycles. The fourth-order valence-electron chi connectivity index (χ4n) is 2.74. The molecule has 2 aromatic heterocycles. The van der Waals surface area contributed by atoms with Crippen LogP contribution in [0.1, 0.15) is 0 Å². The zero-order chi connectivity index (χ0) is 15.8. The van der Waals surface area contributed by atoms with Crippen LogP contribution in [0.15, 0.2) is 40.5 Å². The van der Waals surface area contributed by atoms with E-state index in [9.17, 15) is 4.79 Å². The van der Waals surface area contributed by atoms with E-state index >= 15 is 0 Å². The van der Waals surface area contributed by atoms with E-state index in [4.69, 9.17) is 11.6 Å². The molecular formula is C16H14ClN3OS2. The van der Waals surface area contributed by atoms with Crippen LogP contribution in [-0.2, 0) is 0 Å². The Labute approximate surface area is 146 Å². The van der Waals surface area contributed by atoms with Gasteiger partial charge in [0.15, 0.2) is 5.13 Å². The van der Waals surface area contributed by atoms with Crippen molar-refractivity contribution < 1.29 is 0 Å². The third kappa shape index (κ3) is 2.94. The Balaban J connectivity index is 1.52. The lowest BCUT2D eigenvalue weighted by molar-refractivity contribution is 0.652. The van der Waals surface area contributed by atoms with Crippen molar-refractivity contribution in [3.63, 3.8) is 0 Å². The fraction of sp³-hybridized carbons (Fsp3) is 0.250. The van der Waals surface area contributed by atoms with E-state index in [1.807, 2.05) is 35.7 Å². The van der Waals surface area contributed by atoms with Crippen molar-refractivity contribution in [2.24, 2.45) is 0 Å². The smallest absolute Gasteiger partial charge is 0.255 e. The van der Waals surface area contributed by atoms with Crippen molar-refractivity contribution in [2.75, 3.05) is 36.0 Å². The molecule has 1 fully saturated rings. The molecule has 0 N–H and O–H groups in total. The van der Waals surface area contributed by atoms with Gasteiger partial charge in [-0.05, 0) is 35.7 Å². The average Bonchev–Trinajstić information content (AvgIpc) is 3.05. The van der Waals surface area contributed by atoms with E-state index < -0.39 is 0 Å². The zero-order valence-corrected chi connectivity index (χ0v) is 14.6. The van der Waals surface area contributed by atoms with E-state index in [-0.39, 0.29) is 4.74 Å². The molecule has 0 atom stereocenters. The fourth-order valence-corrected chi connectivity index (χ4v) is 4.62. The average molecular weight is 364 g/mol. The van der Waals surface area contributed by atoms with Crippen LogP contribution in [0.5, 0.6) is 0 Å². The molecule has 4 rings (SSSR count). The summed E-state index contributed by atoms with van der Waals surface area (Å²) in [6.45, 7) is 3.54. The van der Waals surface area contributed by atoms with Crippen molar-refractivity contribution in [1.29, 1.82) is 0 Å². The normalized spacial score (nSPS) is 15.3. The molecule has 0 aliphatic carbocycles. The van der Waals surface area contributed by atoms with Crippen molar-refractivity contribution in [1.82, 2.24) is 4.98 Å². The van der Waals surface area contributed by atoms with Crippen molar-refractivity contribution in [3.05, 3.63) is 50.3 Å². The third-order valence-electron chi connectivity index (χ3n) is 3.97. The molecule has 4 nitrogen and oxygen atoms in total. The van der Waals surface area contributed by atoms with Crippen LogP contribution in [0.3, 0.4) is 0 Å². The SMILES string of the molecule is O=c1sc(N2CCN(c3ccc(Cl)cc3)CC2)nc2ccsc12. The highest BCUT2D eigenvalue weighted by Gasteiger charge is 2.20. The van der Waals surface area contributed by atoms with Crippen LogP contribution in [0.4, 0.5) is 10.8 Å². The van der Waals surface area contributed by atoms with E-state index in [1.165, 1.54) is 28.4 Å². The minimum atomic E-state index is 0.111. The Bertz CT molecular complexity index is 882. The Morgan fingerprint density at radius 2 is 1.70 bits per heavy atom. The number of fused-ring (bicyclic) bond motifs is 1. The Morgan fingerprint density at radius 1 is 1.00 bits per heavy atom. The molecule has 1 saturated heterocycles. The second-order valence-corrected chi connectivity index (χ2v) is 7.66. The van der Waals surface area contributed by atoms with Gasteiger partial charge in [-0.15, -0.1) is 11.3 Å². The predicted octanol–water partition coefficient (Wildman–Crippen LogP) is 3.70. The number of piperazine rings is 1. The molecular weight excluding hydrogens is 350 g/mol. The van der Waals surface area contributed by atoms with Gasteiger partial charge in [0.25, 0.3) is 4.74 Å². The molecule has 3 heterocycles. The molecule has 23 heavy (non-hydrogen) atoms. The molecule has 1 aliphatic rings. The molecule has 0 amide bonds. The highest BCUT2D eigenvalue weighted by molar-refractivity contribution is 7.21. The van der Waals surface area contributed by atoms with E-state index in [0.717, 1.165) is 46.5 Å². The second kappa shape index (κ2) is 6.11. The number of rotatable bonds is 2. The second-order valence-electron chi connectivity index (χ2n) is 5.37. The van der Waals surface area contributed by atoms with Gasteiger partial charge in [-0.2, -0.15) is 0 Å². The summed E-state index contributed by atoms with van der Waals surface area (Å²) in [7, 11) is 0. The molecule has 118 valence electrons. The quantitative estimate of drug-likeness (QED) is 0.695. The Kier molecular flexibility index (Phi) is 3.97. The van der Waals surface area contributed by atoms with Gasteiger partial charge in [0.2, 0.25) is 0 Å². The minimum absolute atomic E-state index is 0.111. The number of thiophene rings is 1. The summed E-state index contributed by atoms with van der Waals surface area (Å²) in [4.78, 5) is 21.3. The first-order chi connectivity index (χ1) is 11.2. The first kappa shape index (κ1) is 14.9. The lowest BCUT2D eigenvalue weighted by atomic mass is 10.2. The van der Waals surface area contributed by atoms with Gasteiger partial charge in [-0.1, -0.05) is 22.9 Å². The standard InChI is InChI=1S/C16H14ClN3OS2/c17-11-1-3-12(4-2-11)19-6-8-20(9-7-19)16-18-13-5-10-22-14(13)15(21)23-16/h1-5,10H,6-9H2. The van der Waals surface area contributed by atoms with E-state index in [1.54, 1.807) is 0 Å². The third-order valence-corrected chi connectivity index (χ3v) is 6.18. The maximum atomic E-state index is 12.2. The first-order valence-electron chi connectivity index (χ1n) is 7.34. The van der Waals surface area contributed by atoms with Gasteiger partial charge >= 0.3 is 0 Å². The summed E-state index contributed by atoms with van der Waals surface area (Å²) in [5, 5.41) is 3.51. The molecule has 1 aliphatic heterocycles. The summed E-state index contributed by atoms with van der Waals surface area (Å²) in [5.74, 6) is 0. The van der Waals surface area contributed by atoms with Crippen LogP contribution in [0, 0.1) is 0 Å². The number of aromatic nitrogens is 1. The monoisotopic (exact) mass is 363 g/mol. The summed E-state index contributed by atoms with van der Waals surface area (Å²) in [6, 6.07) is 9.85. The minimum Gasteiger partial charge on any atom is -0.368 e. The summed E-state index contributed by atoms with van der Waals surface area (Å²) < 4.78 is 0.874. The molecule has 0 bridgehead atoms. The summed E-state index contributed by atoms with van der Waals surface area (Å²) >= 11 is 8.66. The number of hydrogen-bond acceptors (Lipinski definition) is 6. The van der Waals surface area contributed by atoms with Crippen molar-refractivity contribution in [3.8, 4) is 0 Å². The van der Waals surface area contributed by atoms with Crippen LogP contribution in [0.2, 0.25) is 5.02 Å². The number of nitrogens with zero attached hydrogens (tertiary/aromatic N) is 3. The van der Waals surface area contributed by atoms with E-state index in [0.29, 0.717) is 0 Å².